The Morgan fingerprint density at radius 1 is 1.58 bits per heavy atom. The van der Waals surface area contributed by atoms with Crippen LogP contribution in [0, 0.1) is 0 Å². The van der Waals surface area contributed by atoms with Gasteiger partial charge >= 0.3 is 11.9 Å². The minimum absolute atomic E-state index is 0.196. The summed E-state index contributed by atoms with van der Waals surface area (Å²) < 4.78 is 0. The average molecular weight is 170 g/mol. The highest BCUT2D eigenvalue weighted by molar-refractivity contribution is 6.79. The van der Waals surface area contributed by atoms with Gasteiger partial charge in [-0.3, -0.25) is 9.59 Å². The lowest BCUT2D eigenvalue weighted by atomic mass is 10.2. The molecular formula is C6H6N2O4. The van der Waals surface area contributed by atoms with E-state index in [-0.39, 0.29) is 6.54 Å². The molecule has 0 atom stereocenters. The number of carboxylic acids is 1. The number of ketones is 1. The molecule has 1 N–H and O–H groups in total. The number of hydrazone groups is 1. The second-order valence-electron chi connectivity index (χ2n) is 2.10. The van der Waals surface area contributed by atoms with Crippen LogP contribution in [-0.4, -0.2) is 40.0 Å². The number of likely N-dealkylation sites (N-methyl/N-ethyl adjacent to an activating group) is 1. The van der Waals surface area contributed by atoms with Crippen molar-refractivity contribution >= 4 is 23.4 Å². The van der Waals surface area contributed by atoms with Crippen molar-refractivity contribution in [2.24, 2.45) is 5.10 Å². The monoisotopic (exact) mass is 170 g/mol. The normalized spacial score (nSPS) is 16.8. The first kappa shape index (κ1) is 8.38. The number of carbonyl (C=O) groups is 3. The van der Waals surface area contributed by atoms with E-state index in [2.05, 4.69) is 5.10 Å². The summed E-state index contributed by atoms with van der Waals surface area (Å²) in [4.78, 5) is 32.0. The van der Waals surface area contributed by atoms with E-state index < -0.39 is 23.4 Å². The molecule has 1 amide bonds. The van der Waals surface area contributed by atoms with Gasteiger partial charge in [-0.05, 0) is 6.92 Å². The molecule has 1 rings (SSSR count). The predicted octanol–water partition coefficient (Wildman–Crippen LogP) is -1.14. The van der Waals surface area contributed by atoms with Gasteiger partial charge in [-0.1, -0.05) is 0 Å². The maximum Gasteiger partial charge on any atom is 0.360 e. The molecule has 0 aromatic heterocycles. The van der Waals surface area contributed by atoms with Gasteiger partial charge in [0.15, 0.2) is 0 Å². The van der Waals surface area contributed by atoms with Gasteiger partial charge in [0.2, 0.25) is 5.71 Å². The van der Waals surface area contributed by atoms with Gasteiger partial charge in [-0.2, -0.15) is 5.10 Å². The third-order valence-electron chi connectivity index (χ3n) is 1.37. The summed E-state index contributed by atoms with van der Waals surface area (Å²) in [6.45, 7) is 1.79. The molecule has 1 aliphatic heterocycles. The first-order chi connectivity index (χ1) is 5.57. The Bertz CT molecular complexity index is 294. The third kappa shape index (κ3) is 1.07. The Kier molecular flexibility index (Phi) is 1.90. The first-order valence-electron chi connectivity index (χ1n) is 3.26. The molecule has 0 aromatic carbocycles. The number of nitrogens with zero attached hydrogens (tertiary/aromatic N) is 2. The van der Waals surface area contributed by atoms with Crippen molar-refractivity contribution in [3.05, 3.63) is 0 Å². The van der Waals surface area contributed by atoms with Gasteiger partial charge in [0.25, 0.3) is 5.78 Å². The molecule has 1 aliphatic rings. The smallest absolute Gasteiger partial charge is 0.360 e. The van der Waals surface area contributed by atoms with Gasteiger partial charge in [0, 0.05) is 6.54 Å². The van der Waals surface area contributed by atoms with Gasteiger partial charge in [-0.25, -0.2) is 9.80 Å². The van der Waals surface area contributed by atoms with Crippen LogP contribution in [0.1, 0.15) is 6.92 Å². The van der Waals surface area contributed by atoms with Crippen molar-refractivity contribution in [1.29, 1.82) is 0 Å². The summed E-state index contributed by atoms with van der Waals surface area (Å²) in [6, 6.07) is 0. The Morgan fingerprint density at radius 3 is 2.42 bits per heavy atom. The highest BCUT2D eigenvalue weighted by Crippen LogP contribution is 2.03. The number of carboxylic acid groups (broad SMARTS) is 1. The maximum atomic E-state index is 10.8. The number of carbonyl (C=O) groups excluding carboxylic acids is 2. The first-order valence-corrected chi connectivity index (χ1v) is 3.26. The SMILES string of the molecule is CCN1N=C(C(=O)O)C(=O)C1=O. The van der Waals surface area contributed by atoms with Crippen molar-refractivity contribution in [2.75, 3.05) is 6.54 Å². The molecule has 0 unspecified atom stereocenters. The van der Waals surface area contributed by atoms with Crippen LogP contribution in [0.4, 0.5) is 0 Å². The van der Waals surface area contributed by atoms with E-state index in [0.717, 1.165) is 5.01 Å². The Balaban J connectivity index is 2.98. The summed E-state index contributed by atoms with van der Waals surface area (Å²) >= 11 is 0. The third-order valence-corrected chi connectivity index (χ3v) is 1.37. The van der Waals surface area contributed by atoms with Gasteiger partial charge < -0.3 is 5.11 Å². The maximum absolute atomic E-state index is 10.8. The zero-order valence-corrected chi connectivity index (χ0v) is 6.27. The van der Waals surface area contributed by atoms with Crippen molar-refractivity contribution in [1.82, 2.24) is 5.01 Å². The fourth-order valence-corrected chi connectivity index (χ4v) is 0.784. The molecule has 6 nitrogen and oxygen atoms in total. The lowest BCUT2D eigenvalue weighted by Crippen LogP contribution is -2.29. The van der Waals surface area contributed by atoms with E-state index >= 15 is 0 Å². The van der Waals surface area contributed by atoms with Crippen LogP contribution in [0.2, 0.25) is 0 Å². The van der Waals surface area contributed by atoms with Gasteiger partial charge in [-0.15, -0.1) is 0 Å². The van der Waals surface area contributed by atoms with Crippen LogP contribution in [0.5, 0.6) is 0 Å². The largest absolute Gasteiger partial charge is 0.476 e. The number of amides is 1. The molecule has 0 fully saturated rings. The fraction of sp³-hybridized carbons (Fsp3) is 0.333. The van der Waals surface area contributed by atoms with E-state index in [1.54, 1.807) is 6.92 Å². The predicted molar refractivity (Wildman–Crippen MR) is 37.5 cm³/mol. The number of aliphatic carboxylic acids is 1. The van der Waals surface area contributed by atoms with Crippen LogP contribution in [-0.2, 0) is 14.4 Å². The van der Waals surface area contributed by atoms with Gasteiger partial charge in [0.05, 0.1) is 0 Å². The summed E-state index contributed by atoms with van der Waals surface area (Å²) in [7, 11) is 0. The topological polar surface area (TPSA) is 87.0 Å². The second-order valence-corrected chi connectivity index (χ2v) is 2.10. The molecule has 0 saturated carbocycles. The van der Waals surface area contributed by atoms with Crippen molar-refractivity contribution in [3.63, 3.8) is 0 Å². The zero-order chi connectivity index (χ0) is 9.30. The van der Waals surface area contributed by atoms with Crippen molar-refractivity contribution < 1.29 is 19.5 Å². The highest BCUT2D eigenvalue weighted by atomic mass is 16.4. The molecule has 0 radical (unpaired) electrons. The number of Topliss-reactive ketones (excluding diaryl/α,β-unsaturated/α-hetero) is 1. The Morgan fingerprint density at radius 2 is 2.17 bits per heavy atom. The van der Waals surface area contributed by atoms with E-state index in [4.69, 9.17) is 5.11 Å². The number of hydrogen-bond donors (Lipinski definition) is 1. The standard InChI is InChI=1S/C6H6N2O4/c1-2-8-5(10)4(9)3(7-8)6(11)12/h2H2,1H3,(H,11,12). The molecule has 0 aliphatic carbocycles. The second kappa shape index (κ2) is 2.72. The Labute approximate surface area is 67.5 Å². The molecule has 64 valence electrons. The van der Waals surface area contributed by atoms with Crippen molar-refractivity contribution in [2.45, 2.75) is 6.92 Å². The highest BCUT2D eigenvalue weighted by Gasteiger charge is 2.36. The van der Waals surface area contributed by atoms with Crippen LogP contribution in [0.25, 0.3) is 0 Å². The average Bonchev–Trinajstić information content (AvgIpc) is 2.30. The van der Waals surface area contributed by atoms with E-state index in [1.807, 2.05) is 0 Å². The van der Waals surface area contributed by atoms with Crippen molar-refractivity contribution in [3.8, 4) is 0 Å². The van der Waals surface area contributed by atoms with E-state index in [1.165, 1.54) is 0 Å². The molecule has 0 saturated heterocycles. The quantitative estimate of drug-likeness (QED) is 0.530. The van der Waals surface area contributed by atoms with Crippen LogP contribution in [0.3, 0.4) is 0 Å². The van der Waals surface area contributed by atoms with E-state index in [9.17, 15) is 14.4 Å². The minimum atomic E-state index is -1.47. The molecular weight excluding hydrogens is 164 g/mol. The summed E-state index contributed by atoms with van der Waals surface area (Å²) in [5.74, 6) is -3.40. The van der Waals surface area contributed by atoms with E-state index in [0.29, 0.717) is 0 Å². The Hall–Kier alpha value is -1.72. The molecule has 6 heteroatoms. The van der Waals surface area contributed by atoms with Crippen LogP contribution < -0.4 is 0 Å². The van der Waals surface area contributed by atoms with Crippen LogP contribution >= 0.6 is 0 Å². The number of rotatable bonds is 2. The lowest BCUT2D eigenvalue weighted by molar-refractivity contribution is -0.140. The molecule has 0 bridgehead atoms. The molecule has 0 aromatic rings. The molecule has 0 spiro atoms. The van der Waals surface area contributed by atoms with Gasteiger partial charge in [0.1, 0.15) is 0 Å². The molecule has 12 heavy (non-hydrogen) atoms. The number of hydrogen-bond acceptors (Lipinski definition) is 4. The lowest BCUT2D eigenvalue weighted by Gasteiger charge is -2.03. The fourth-order valence-electron chi connectivity index (χ4n) is 0.784. The summed E-state index contributed by atoms with van der Waals surface area (Å²) in [5.41, 5.74) is -0.707. The van der Waals surface area contributed by atoms with Crippen LogP contribution in [0.15, 0.2) is 5.10 Å². The summed E-state index contributed by atoms with van der Waals surface area (Å²) in [5, 5.41) is 12.5. The molecule has 1 heterocycles. The summed E-state index contributed by atoms with van der Waals surface area (Å²) in [6.07, 6.45) is 0. The zero-order valence-electron chi connectivity index (χ0n) is 6.27. The minimum Gasteiger partial charge on any atom is -0.476 e.